The molecule has 0 amide bonds. The van der Waals surface area contributed by atoms with Crippen LogP contribution >= 0.6 is 23.5 Å². The van der Waals surface area contributed by atoms with Gasteiger partial charge < -0.3 is 0 Å². The third-order valence-electron chi connectivity index (χ3n) is 0.546. The van der Waals surface area contributed by atoms with Crippen LogP contribution in [0.3, 0.4) is 0 Å². The smallest absolute Gasteiger partial charge is 0.198 e. The van der Waals surface area contributed by atoms with Crippen LogP contribution in [0, 0.1) is 11.5 Å². The van der Waals surface area contributed by atoms with E-state index in [0.717, 1.165) is 4.38 Å². The van der Waals surface area contributed by atoms with Crippen molar-refractivity contribution in [2.75, 3.05) is 12.5 Å². The lowest BCUT2D eigenvalue weighted by Crippen LogP contribution is -1.96. The topological polar surface area (TPSA) is 48.2 Å². The van der Waals surface area contributed by atoms with Gasteiger partial charge in [-0.3, -0.25) is 0 Å². The van der Waals surface area contributed by atoms with E-state index in [9.17, 15) is 0 Å². The number of hydrogen-bond acceptors (Lipinski definition) is 5. The molecule has 9 heavy (non-hydrogen) atoms. The molecule has 0 rings (SSSR count). The van der Waals surface area contributed by atoms with Crippen LogP contribution in [0.25, 0.3) is 0 Å². The molecule has 5 heteroatoms. The highest BCUT2D eigenvalue weighted by Gasteiger charge is 1.89. The molecule has 0 aliphatic carbocycles. The minimum atomic E-state index is 0.858. The lowest BCUT2D eigenvalue weighted by Gasteiger charge is -1.92. The number of nitriles is 1. The lowest BCUT2D eigenvalue weighted by atomic mass is 11.4. The largest absolute Gasteiger partial charge is 0.212 e. The lowest BCUT2D eigenvalue weighted by molar-refractivity contribution is 0.994. The quantitative estimate of drug-likeness (QED) is 0.205. The van der Waals surface area contributed by atoms with Crippen LogP contribution in [0.2, 0.25) is 0 Å². The summed E-state index contributed by atoms with van der Waals surface area (Å²) in [7, 11) is 0. The molecule has 0 aromatic heterocycles. The van der Waals surface area contributed by atoms with Crippen molar-refractivity contribution >= 4 is 27.9 Å². The van der Waals surface area contributed by atoms with Crippen LogP contribution in [0.15, 0.2) is 5.10 Å². The van der Waals surface area contributed by atoms with Crippen LogP contribution in [0.1, 0.15) is 0 Å². The van der Waals surface area contributed by atoms with Crippen molar-refractivity contribution in [1.82, 2.24) is 5.43 Å². The first-order valence-corrected chi connectivity index (χ1v) is 4.60. The van der Waals surface area contributed by atoms with Gasteiger partial charge in [-0.05, 0) is 12.5 Å². The number of nitrogens with zero attached hydrogens (tertiary/aromatic N) is 2. The monoisotopic (exact) mass is 161 g/mol. The van der Waals surface area contributed by atoms with E-state index in [-0.39, 0.29) is 0 Å². The zero-order valence-corrected chi connectivity index (χ0v) is 6.84. The standard InChI is InChI=1S/C4H7N3S2/c1-8-4(9-2)7-6-3-5/h6H,1-2H3. The average molecular weight is 161 g/mol. The first-order chi connectivity index (χ1) is 4.35. The van der Waals surface area contributed by atoms with Gasteiger partial charge in [0.2, 0.25) is 0 Å². The zero-order valence-electron chi connectivity index (χ0n) is 5.21. The van der Waals surface area contributed by atoms with E-state index in [2.05, 4.69) is 10.5 Å². The summed E-state index contributed by atoms with van der Waals surface area (Å²) in [5, 5.41) is 11.7. The van der Waals surface area contributed by atoms with Gasteiger partial charge in [0.05, 0.1) is 0 Å². The summed E-state index contributed by atoms with van der Waals surface area (Å²) in [4.78, 5) is 0. The molecule has 0 spiro atoms. The fourth-order valence-corrected chi connectivity index (χ4v) is 1.19. The van der Waals surface area contributed by atoms with Gasteiger partial charge in [-0.2, -0.15) is 10.4 Å². The van der Waals surface area contributed by atoms with Crippen molar-refractivity contribution in [3.05, 3.63) is 0 Å². The van der Waals surface area contributed by atoms with Gasteiger partial charge in [0, 0.05) is 0 Å². The van der Waals surface area contributed by atoms with Gasteiger partial charge in [-0.1, -0.05) is 0 Å². The highest BCUT2D eigenvalue weighted by atomic mass is 32.2. The number of nitrogens with one attached hydrogen (secondary N) is 1. The molecule has 0 saturated heterocycles. The van der Waals surface area contributed by atoms with E-state index < -0.39 is 0 Å². The van der Waals surface area contributed by atoms with Gasteiger partial charge in [0.1, 0.15) is 0 Å². The Bertz CT molecular complexity index is 131. The summed E-state index contributed by atoms with van der Waals surface area (Å²) in [6.45, 7) is 0. The molecule has 0 aliphatic rings. The SMILES string of the molecule is CSC(=NNC#N)SC. The summed E-state index contributed by atoms with van der Waals surface area (Å²) in [6.07, 6.45) is 5.52. The number of rotatable bonds is 1. The van der Waals surface area contributed by atoms with Crippen molar-refractivity contribution in [1.29, 1.82) is 5.26 Å². The summed E-state index contributed by atoms with van der Waals surface area (Å²) in [5.74, 6) is 0. The maximum Gasteiger partial charge on any atom is 0.198 e. The molecular formula is C4H7N3S2. The summed E-state index contributed by atoms with van der Waals surface area (Å²) in [5.41, 5.74) is 2.20. The van der Waals surface area contributed by atoms with Crippen molar-refractivity contribution in [3.8, 4) is 6.19 Å². The Morgan fingerprint density at radius 2 is 2.11 bits per heavy atom. The molecule has 0 bridgehead atoms. The van der Waals surface area contributed by atoms with Crippen LogP contribution < -0.4 is 5.43 Å². The molecule has 3 nitrogen and oxygen atoms in total. The van der Waals surface area contributed by atoms with E-state index >= 15 is 0 Å². The molecule has 0 heterocycles. The maximum absolute atomic E-state index is 8.02. The Morgan fingerprint density at radius 3 is 2.44 bits per heavy atom. The second-order valence-electron chi connectivity index (χ2n) is 1.01. The highest BCUT2D eigenvalue weighted by molar-refractivity contribution is 8.38. The molecule has 0 radical (unpaired) electrons. The first kappa shape index (κ1) is 8.66. The average Bonchev–Trinajstić information content (AvgIpc) is 1.91. The van der Waals surface area contributed by atoms with Crippen LogP contribution in [0.5, 0.6) is 0 Å². The molecule has 0 atom stereocenters. The van der Waals surface area contributed by atoms with E-state index in [0.29, 0.717) is 0 Å². The second-order valence-corrected chi connectivity index (χ2v) is 2.86. The van der Waals surface area contributed by atoms with Gasteiger partial charge in [0.15, 0.2) is 10.6 Å². The predicted octanol–water partition coefficient (Wildman–Crippen LogP) is 1.05. The zero-order chi connectivity index (χ0) is 7.11. The summed E-state index contributed by atoms with van der Waals surface area (Å²) < 4.78 is 0.858. The second kappa shape index (κ2) is 5.79. The van der Waals surface area contributed by atoms with Gasteiger partial charge in [-0.15, -0.1) is 23.5 Å². The minimum absolute atomic E-state index is 0.858. The Morgan fingerprint density at radius 1 is 1.56 bits per heavy atom. The minimum Gasteiger partial charge on any atom is -0.212 e. The van der Waals surface area contributed by atoms with E-state index in [1.807, 2.05) is 12.5 Å². The molecular weight excluding hydrogens is 154 g/mol. The van der Waals surface area contributed by atoms with Crippen molar-refractivity contribution < 1.29 is 0 Å². The van der Waals surface area contributed by atoms with E-state index in [1.54, 1.807) is 6.19 Å². The molecule has 0 aliphatic heterocycles. The molecule has 0 unspecified atom stereocenters. The molecule has 0 saturated carbocycles. The normalized spacial score (nSPS) is 7.67. The fourth-order valence-electron chi connectivity index (χ4n) is 0.245. The summed E-state index contributed by atoms with van der Waals surface area (Å²) >= 11 is 3.02. The maximum atomic E-state index is 8.02. The summed E-state index contributed by atoms with van der Waals surface area (Å²) in [6, 6.07) is 0. The van der Waals surface area contributed by atoms with E-state index in [1.165, 1.54) is 23.5 Å². The Hall–Kier alpha value is -0.340. The number of thioether (sulfide) groups is 2. The number of hydrazone groups is 1. The molecule has 0 fully saturated rings. The molecule has 1 N–H and O–H groups in total. The van der Waals surface area contributed by atoms with Crippen LogP contribution in [-0.2, 0) is 0 Å². The Balaban J connectivity index is 3.64. The van der Waals surface area contributed by atoms with Gasteiger partial charge in [-0.25, -0.2) is 5.43 Å². The van der Waals surface area contributed by atoms with Gasteiger partial charge >= 0.3 is 0 Å². The van der Waals surface area contributed by atoms with Crippen molar-refractivity contribution in [2.45, 2.75) is 0 Å². The Labute approximate surface area is 62.9 Å². The van der Waals surface area contributed by atoms with E-state index in [4.69, 9.17) is 5.26 Å². The van der Waals surface area contributed by atoms with Crippen molar-refractivity contribution in [2.24, 2.45) is 5.10 Å². The van der Waals surface area contributed by atoms with Crippen molar-refractivity contribution in [3.63, 3.8) is 0 Å². The third kappa shape index (κ3) is 4.18. The highest BCUT2D eigenvalue weighted by Crippen LogP contribution is 2.08. The molecule has 50 valence electrons. The fraction of sp³-hybridized carbons (Fsp3) is 0.500. The molecule has 0 aromatic rings. The Kier molecular flexibility index (Phi) is 5.57. The van der Waals surface area contributed by atoms with Crippen LogP contribution in [0.4, 0.5) is 0 Å². The first-order valence-electron chi connectivity index (χ1n) is 2.15. The number of hydrogen-bond donors (Lipinski definition) is 1. The van der Waals surface area contributed by atoms with Crippen LogP contribution in [-0.4, -0.2) is 16.9 Å². The third-order valence-corrected chi connectivity index (χ3v) is 2.43. The molecule has 0 aromatic carbocycles. The predicted molar refractivity (Wildman–Crippen MR) is 43.2 cm³/mol. The van der Waals surface area contributed by atoms with Gasteiger partial charge in [0.25, 0.3) is 0 Å².